The van der Waals surface area contributed by atoms with E-state index in [1.165, 1.54) is 30.5 Å². The van der Waals surface area contributed by atoms with Crippen LogP contribution in [0, 0.1) is 0 Å². The van der Waals surface area contributed by atoms with Gasteiger partial charge in [0.15, 0.2) is 5.82 Å². The summed E-state index contributed by atoms with van der Waals surface area (Å²) in [6, 6.07) is 8.56. The van der Waals surface area contributed by atoms with Crippen molar-refractivity contribution in [3.8, 4) is 11.4 Å². The van der Waals surface area contributed by atoms with Crippen LogP contribution in [0.2, 0.25) is 0 Å². The Morgan fingerprint density at radius 2 is 2.00 bits per heavy atom. The molecule has 0 amide bonds. The molecule has 3 rings (SSSR count). The highest BCUT2D eigenvalue weighted by Gasteiger charge is 2.19. The number of rotatable bonds is 2. The summed E-state index contributed by atoms with van der Waals surface area (Å²) in [5.41, 5.74) is 3.54. The molecule has 2 aromatic rings. The van der Waals surface area contributed by atoms with Crippen molar-refractivity contribution in [3.05, 3.63) is 46.2 Å². The number of benzene rings is 1. The SMILES string of the molecule is CNC1CCCCc2nc(-c3ccc(Br)cc3)ncc21. The lowest BCUT2D eigenvalue weighted by Crippen LogP contribution is -2.17. The summed E-state index contributed by atoms with van der Waals surface area (Å²) in [4.78, 5) is 9.37. The standard InChI is InChI=1S/C16H18BrN3/c1-18-14-4-2-3-5-15-13(14)10-19-16(20-15)11-6-8-12(17)9-7-11/h6-10,14,18H,2-5H2,1H3. The van der Waals surface area contributed by atoms with Gasteiger partial charge in [-0.3, -0.25) is 0 Å². The second-order valence-corrected chi connectivity index (χ2v) is 6.11. The van der Waals surface area contributed by atoms with Crippen molar-refractivity contribution in [2.75, 3.05) is 7.05 Å². The quantitative estimate of drug-likeness (QED) is 0.848. The highest BCUT2D eigenvalue weighted by molar-refractivity contribution is 9.10. The van der Waals surface area contributed by atoms with Gasteiger partial charge in [-0.15, -0.1) is 0 Å². The molecule has 0 fully saturated rings. The second-order valence-electron chi connectivity index (χ2n) is 5.19. The Balaban J connectivity index is 1.99. The van der Waals surface area contributed by atoms with E-state index in [1.807, 2.05) is 25.4 Å². The molecule has 1 aliphatic rings. The third kappa shape index (κ3) is 2.76. The lowest BCUT2D eigenvalue weighted by molar-refractivity contribution is 0.532. The van der Waals surface area contributed by atoms with Gasteiger partial charge in [-0.1, -0.05) is 34.5 Å². The first-order chi connectivity index (χ1) is 9.78. The molecule has 4 heteroatoms. The zero-order chi connectivity index (χ0) is 13.9. The zero-order valence-electron chi connectivity index (χ0n) is 11.6. The molecule has 0 saturated heterocycles. The van der Waals surface area contributed by atoms with Gasteiger partial charge >= 0.3 is 0 Å². The maximum absolute atomic E-state index is 4.80. The van der Waals surface area contributed by atoms with E-state index in [4.69, 9.17) is 4.98 Å². The normalized spacial score (nSPS) is 18.4. The number of nitrogens with zero attached hydrogens (tertiary/aromatic N) is 2. The lowest BCUT2D eigenvalue weighted by Gasteiger charge is -2.16. The number of hydrogen-bond donors (Lipinski definition) is 1. The first kappa shape index (κ1) is 13.7. The molecule has 1 atom stereocenters. The van der Waals surface area contributed by atoms with E-state index < -0.39 is 0 Å². The van der Waals surface area contributed by atoms with E-state index in [0.717, 1.165) is 22.3 Å². The summed E-state index contributed by atoms with van der Waals surface area (Å²) in [7, 11) is 2.02. The van der Waals surface area contributed by atoms with E-state index in [2.05, 4.69) is 38.4 Å². The van der Waals surface area contributed by atoms with Crippen molar-refractivity contribution >= 4 is 15.9 Å². The third-order valence-electron chi connectivity index (χ3n) is 3.88. The Kier molecular flexibility index (Phi) is 4.13. The summed E-state index contributed by atoms with van der Waals surface area (Å²) < 4.78 is 1.08. The van der Waals surface area contributed by atoms with Crippen LogP contribution in [0.3, 0.4) is 0 Å². The number of hydrogen-bond acceptors (Lipinski definition) is 3. The van der Waals surface area contributed by atoms with Crippen LogP contribution in [-0.4, -0.2) is 17.0 Å². The van der Waals surface area contributed by atoms with Crippen molar-refractivity contribution in [1.29, 1.82) is 0 Å². The van der Waals surface area contributed by atoms with Gasteiger partial charge in [0.1, 0.15) is 0 Å². The molecular weight excluding hydrogens is 314 g/mol. The lowest BCUT2D eigenvalue weighted by atomic mass is 10.1. The Hall–Kier alpha value is -1.26. The monoisotopic (exact) mass is 331 g/mol. The number of aryl methyl sites for hydroxylation is 1. The van der Waals surface area contributed by atoms with Crippen molar-refractivity contribution in [2.24, 2.45) is 0 Å². The molecular formula is C16H18BrN3. The van der Waals surface area contributed by atoms with E-state index in [-0.39, 0.29) is 0 Å². The Morgan fingerprint density at radius 3 is 2.75 bits per heavy atom. The minimum atomic E-state index is 0.395. The fraction of sp³-hybridized carbons (Fsp3) is 0.375. The van der Waals surface area contributed by atoms with Crippen LogP contribution in [0.15, 0.2) is 34.9 Å². The van der Waals surface area contributed by atoms with E-state index in [1.54, 1.807) is 0 Å². The smallest absolute Gasteiger partial charge is 0.159 e. The van der Waals surface area contributed by atoms with Crippen LogP contribution in [0.5, 0.6) is 0 Å². The highest BCUT2D eigenvalue weighted by Crippen LogP contribution is 2.28. The molecule has 0 aliphatic heterocycles. The van der Waals surface area contributed by atoms with Gasteiger partial charge in [0, 0.05) is 33.5 Å². The van der Waals surface area contributed by atoms with Gasteiger partial charge in [-0.2, -0.15) is 0 Å². The van der Waals surface area contributed by atoms with E-state index in [0.29, 0.717) is 6.04 Å². The summed E-state index contributed by atoms with van der Waals surface area (Å²) in [6.45, 7) is 0. The van der Waals surface area contributed by atoms with Crippen LogP contribution < -0.4 is 5.32 Å². The maximum Gasteiger partial charge on any atom is 0.159 e. The molecule has 1 N–H and O–H groups in total. The van der Waals surface area contributed by atoms with Gasteiger partial charge in [-0.25, -0.2) is 9.97 Å². The molecule has 0 saturated carbocycles. The number of fused-ring (bicyclic) bond motifs is 1. The van der Waals surface area contributed by atoms with Gasteiger partial charge < -0.3 is 5.32 Å². The third-order valence-corrected chi connectivity index (χ3v) is 4.41. The molecule has 20 heavy (non-hydrogen) atoms. The average Bonchev–Trinajstić information content (AvgIpc) is 2.69. The van der Waals surface area contributed by atoms with Crippen LogP contribution in [0.25, 0.3) is 11.4 Å². The predicted molar refractivity (Wildman–Crippen MR) is 84.5 cm³/mol. The van der Waals surface area contributed by atoms with E-state index in [9.17, 15) is 0 Å². The molecule has 1 aromatic carbocycles. The minimum Gasteiger partial charge on any atom is -0.313 e. The largest absolute Gasteiger partial charge is 0.313 e. The first-order valence-corrected chi connectivity index (χ1v) is 7.86. The minimum absolute atomic E-state index is 0.395. The Labute approximate surface area is 128 Å². The van der Waals surface area contributed by atoms with E-state index >= 15 is 0 Å². The zero-order valence-corrected chi connectivity index (χ0v) is 13.2. The average molecular weight is 332 g/mol. The van der Waals surface area contributed by atoms with Crippen molar-refractivity contribution < 1.29 is 0 Å². The molecule has 1 aliphatic carbocycles. The molecule has 104 valence electrons. The molecule has 0 spiro atoms. The Morgan fingerprint density at radius 1 is 1.20 bits per heavy atom. The molecule has 1 heterocycles. The predicted octanol–water partition coefficient (Wildman–Crippen LogP) is 3.89. The molecule has 1 unspecified atom stereocenters. The van der Waals surface area contributed by atoms with Gasteiger partial charge in [0.05, 0.1) is 0 Å². The summed E-state index contributed by atoms with van der Waals surface area (Å²) in [5, 5.41) is 3.38. The van der Waals surface area contributed by atoms with Crippen LogP contribution in [0.4, 0.5) is 0 Å². The fourth-order valence-corrected chi connectivity index (χ4v) is 3.02. The van der Waals surface area contributed by atoms with Crippen molar-refractivity contribution in [2.45, 2.75) is 31.7 Å². The molecule has 1 aromatic heterocycles. The highest BCUT2D eigenvalue weighted by atomic mass is 79.9. The molecule has 3 nitrogen and oxygen atoms in total. The topological polar surface area (TPSA) is 37.8 Å². The number of halogens is 1. The van der Waals surface area contributed by atoms with Crippen molar-refractivity contribution in [3.63, 3.8) is 0 Å². The van der Waals surface area contributed by atoms with Crippen LogP contribution in [-0.2, 0) is 6.42 Å². The van der Waals surface area contributed by atoms with Crippen LogP contribution in [0.1, 0.15) is 36.6 Å². The number of aromatic nitrogens is 2. The molecule has 0 bridgehead atoms. The first-order valence-electron chi connectivity index (χ1n) is 7.07. The second kappa shape index (κ2) is 6.02. The molecule has 0 radical (unpaired) electrons. The van der Waals surface area contributed by atoms with Gasteiger partial charge in [0.2, 0.25) is 0 Å². The number of nitrogens with one attached hydrogen (secondary N) is 1. The summed E-state index contributed by atoms with van der Waals surface area (Å²) in [6.07, 6.45) is 6.69. The van der Waals surface area contributed by atoms with Crippen LogP contribution >= 0.6 is 15.9 Å². The van der Waals surface area contributed by atoms with Crippen molar-refractivity contribution in [1.82, 2.24) is 15.3 Å². The summed E-state index contributed by atoms with van der Waals surface area (Å²) in [5.74, 6) is 0.827. The fourth-order valence-electron chi connectivity index (χ4n) is 2.75. The van der Waals surface area contributed by atoms with Gasteiger partial charge in [-0.05, 0) is 38.4 Å². The summed E-state index contributed by atoms with van der Waals surface area (Å²) >= 11 is 3.46. The Bertz CT molecular complexity index is 595. The van der Waals surface area contributed by atoms with Gasteiger partial charge in [0.25, 0.3) is 0 Å². The maximum atomic E-state index is 4.80.